The smallest absolute Gasteiger partial charge is 0.153 e. The normalized spacial score (nSPS) is 9.73. The highest BCUT2D eigenvalue weighted by Crippen LogP contribution is 2.17. The van der Waals surface area contributed by atoms with Gasteiger partial charge >= 0.3 is 0 Å². The van der Waals surface area contributed by atoms with Crippen molar-refractivity contribution in [2.45, 2.75) is 0 Å². The highest BCUT2D eigenvalue weighted by atomic mass is 35.5. The fourth-order valence-electron chi connectivity index (χ4n) is 0.628. The van der Waals surface area contributed by atoms with Crippen molar-refractivity contribution < 1.29 is 13.6 Å². The number of rotatable bonds is 1. The molecule has 0 unspecified atom stereocenters. The van der Waals surface area contributed by atoms with Crippen molar-refractivity contribution >= 4 is 17.9 Å². The Kier molecular flexibility index (Phi) is 2.19. The van der Waals surface area contributed by atoms with E-state index in [2.05, 4.69) is 0 Å². The molecule has 0 N–H and O–H groups in total. The minimum absolute atomic E-state index is 0.239. The van der Waals surface area contributed by atoms with E-state index in [1.165, 1.54) is 0 Å². The van der Waals surface area contributed by atoms with Crippen molar-refractivity contribution in [3.63, 3.8) is 0 Å². The third-order valence-electron chi connectivity index (χ3n) is 1.17. The van der Waals surface area contributed by atoms with Crippen LogP contribution in [0.25, 0.3) is 0 Å². The topological polar surface area (TPSA) is 17.1 Å². The van der Waals surface area contributed by atoms with Gasteiger partial charge in [0, 0.05) is 6.07 Å². The quantitative estimate of drug-likeness (QED) is 0.475. The molecule has 1 aromatic carbocycles. The van der Waals surface area contributed by atoms with E-state index in [1.54, 1.807) is 0 Å². The fourth-order valence-corrected chi connectivity index (χ4v) is 0.800. The van der Waals surface area contributed by atoms with Gasteiger partial charge in [-0.05, 0) is 6.07 Å². The molecule has 0 aliphatic heterocycles. The zero-order chi connectivity index (χ0) is 8.43. The molecule has 0 radical (unpaired) electrons. The van der Waals surface area contributed by atoms with Gasteiger partial charge in [-0.1, -0.05) is 11.6 Å². The zero-order valence-electron chi connectivity index (χ0n) is 5.27. The molecule has 11 heavy (non-hydrogen) atoms. The molecule has 1 aromatic rings. The van der Waals surface area contributed by atoms with Crippen molar-refractivity contribution in [2.24, 2.45) is 0 Å². The molecule has 0 aliphatic rings. The number of aldehydes is 1. The number of hydrogen-bond donors (Lipinski definition) is 0. The van der Waals surface area contributed by atoms with Crippen LogP contribution in [-0.4, -0.2) is 6.29 Å². The zero-order valence-corrected chi connectivity index (χ0v) is 6.03. The van der Waals surface area contributed by atoms with Crippen LogP contribution in [0.4, 0.5) is 8.78 Å². The van der Waals surface area contributed by atoms with Gasteiger partial charge < -0.3 is 0 Å². The summed E-state index contributed by atoms with van der Waals surface area (Å²) in [5, 5.41) is -0.256. The van der Waals surface area contributed by atoms with Crippen molar-refractivity contribution in [2.75, 3.05) is 0 Å². The largest absolute Gasteiger partial charge is 0.298 e. The van der Waals surface area contributed by atoms with Crippen LogP contribution in [0.2, 0.25) is 5.02 Å². The second-order valence-electron chi connectivity index (χ2n) is 1.91. The molecule has 0 saturated heterocycles. The van der Waals surface area contributed by atoms with Gasteiger partial charge in [0.25, 0.3) is 0 Å². The summed E-state index contributed by atoms with van der Waals surface area (Å²) in [5.41, 5.74) is -0.239. The van der Waals surface area contributed by atoms with Gasteiger partial charge in [0.2, 0.25) is 0 Å². The first-order valence-corrected chi connectivity index (χ1v) is 3.12. The Morgan fingerprint density at radius 3 is 2.45 bits per heavy atom. The lowest BCUT2D eigenvalue weighted by Gasteiger charge is -1.96. The van der Waals surface area contributed by atoms with E-state index in [4.69, 9.17) is 11.6 Å². The molecule has 0 aliphatic carbocycles. The van der Waals surface area contributed by atoms with Crippen LogP contribution in [0, 0.1) is 11.6 Å². The van der Waals surface area contributed by atoms with Crippen LogP contribution in [0.3, 0.4) is 0 Å². The first-order chi connectivity index (χ1) is 5.15. The van der Waals surface area contributed by atoms with Gasteiger partial charge in [-0.2, -0.15) is 0 Å². The molecule has 0 spiro atoms. The Balaban J connectivity index is 3.31. The molecule has 4 heteroatoms. The maximum absolute atomic E-state index is 12.5. The predicted molar refractivity (Wildman–Crippen MR) is 36.8 cm³/mol. The standard InChI is InChI=1S/C7H3ClF2O/c8-5-1-4(3-11)6(9)2-7(5)10/h1-3H. The van der Waals surface area contributed by atoms with Crippen LogP contribution in [0.5, 0.6) is 0 Å². The first-order valence-electron chi connectivity index (χ1n) is 2.75. The van der Waals surface area contributed by atoms with Crippen molar-refractivity contribution in [3.8, 4) is 0 Å². The van der Waals surface area contributed by atoms with Gasteiger partial charge in [-0.3, -0.25) is 4.79 Å². The van der Waals surface area contributed by atoms with E-state index in [1.807, 2.05) is 0 Å². The summed E-state index contributed by atoms with van der Waals surface area (Å²) < 4.78 is 24.9. The van der Waals surface area contributed by atoms with E-state index in [0.717, 1.165) is 6.07 Å². The van der Waals surface area contributed by atoms with E-state index in [-0.39, 0.29) is 16.9 Å². The molecule has 0 heterocycles. The number of halogens is 3. The van der Waals surface area contributed by atoms with Crippen LogP contribution in [-0.2, 0) is 0 Å². The average molecular weight is 177 g/mol. The molecular weight excluding hydrogens is 174 g/mol. The molecule has 0 bridgehead atoms. The van der Waals surface area contributed by atoms with Gasteiger partial charge in [-0.25, -0.2) is 8.78 Å². The molecule has 1 nitrogen and oxygen atoms in total. The second-order valence-corrected chi connectivity index (χ2v) is 2.31. The summed E-state index contributed by atoms with van der Waals surface area (Å²) in [6, 6.07) is 1.52. The highest BCUT2D eigenvalue weighted by molar-refractivity contribution is 6.31. The molecule has 0 saturated carbocycles. The van der Waals surface area contributed by atoms with Crippen molar-refractivity contribution in [1.82, 2.24) is 0 Å². The van der Waals surface area contributed by atoms with Gasteiger partial charge in [0.1, 0.15) is 11.6 Å². The number of carbonyl (C=O) groups is 1. The third-order valence-corrected chi connectivity index (χ3v) is 1.46. The van der Waals surface area contributed by atoms with Gasteiger partial charge in [-0.15, -0.1) is 0 Å². The summed E-state index contributed by atoms with van der Waals surface area (Å²) >= 11 is 5.26. The summed E-state index contributed by atoms with van der Waals surface area (Å²) in [6.07, 6.45) is 0.278. The van der Waals surface area contributed by atoms with Crippen LogP contribution < -0.4 is 0 Å². The summed E-state index contributed by atoms with van der Waals surface area (Å²) in [6.45, 7) is 0. The summed E-state index contributed by atoms with van der Waals surface area (Å²) in [4.78, 5) is 10.1. The predicted octanol–water partition coefficient (Wildman–Crippen LogP) is 2.43. The lowest BCUT2D eigenvalue weighted by Crippen LogP contribution is -1.89. The Morgan fingerprint density at radius 1 is 1.27 bits per heavy atom. The van der Waals surface area contributed by atoms with Crippen LogP contribution in [0.15, 0.2) is 12.1 Å². The van der Waals surface area contributed by atoms with Crippen LogP contribution in [0.1, 0.15) is 10.4 Å². The maximum Gasteiger partial charge on any atom is 0.153 e. The summed E-state index contributed by atoms with van der Waals surface area (Å²) in [5.74, 6) is -1.77. The number of hydrogen-bond acceptors (Lipinski definition) is 1. The van der Waals surface area contributed by atoms with Gasteiger partial charge in [0.05, 0.1) is 10.6 Å². The number of benzene rings is 1. The SMILES string of the molecule is O=Cc1cc(Cl)c(F)cc1F. The van der Waals surface area contributed by atoms with Crippen molar-refractivity contribution in [1.29, 1.82) is 0 Å². The minimum Gasteiger partial charge on any atom is -0.298 e. The van der Waals surface area contributed by atoms with E-state index in [9.17, 15) is 13.6 Å². The Bertz CT molecular complexity index is 299. The fraction of sp³-hybridized carbons (Fsp3) is 0. The van der Waals surface area contributed by atoms with E-state index < -0.39 is 11.6 Å². The monoisotopic (exact) mass is 176 g/mol. The molecule has 1 rings (SSSR count). The Hall–Kier alpha value is -0.960. The van der Waals surface area contributed by atoms with Gasteiger partial charge in [0.15, 0.2) is 6.29 Å². The van der Waals surface area contributed by atoms with E-state index in [0.29, 0.717) is 6.07 Å². The minimum atomic E-state index is -0.901. The molecule has 0 atom stereocenters. The number of carbonyl (C=O) groups excluding carboxylic acids is 1. The van der Waals surface area contributed by atoms with Crippen LogP contribution >= 0.6 is 11.6 Å². The van der Waals surface area contributed by atoms with E-state index >= 15 is 0 Å². The average Bonchev–Trinajstić information content (AvgIpc) is 1.97. The Labute approximate surface area is 66.6 Å². The maximum atomic E-state index is 12.5. The molecular formula is C7H3ClF2O. The highest BCUT2D eigenvalue weighted by Gasteiger charge is 2.06. The molecule has 58 valence electrons. The lowest BCUT2D eigenvalue weighted by atomic mass is 10.2. The third kappa shape index (κ3) is 1.54. The molecule has 0 fully saturated rings. The Morgan fingerprint density at radius 2 is 1.91 bits per heavy atom. The molecule has 0 amide bonds. The summed E-state index contributed by atoms with van der Waals surface area (Å²) in [7, 11) is 0. The lowest BCUT2D eigenvalue weighted by molar-refractivity contribution is 0.111. The van der Waals surface area contributed by atoms with Crippen molar-refractivity contribution in [3.05, 3.63) is 34.4 Å². The molecule has 0 aromatic heterocycles. The second kappa shape index (κ2) is 2.96. The first kappa shape index (κ1) is 8.14.